The normalized spacial score (nSPS) is 20.5. The van der Waals surface area contributed by atoms with Gasteiger partial charge in [-0.25, -0.2) is 9.18 Å². The van der Waals surface area contributed by atoms with Crippen molar-refractivity contribution in [1.82, 2.24) is 15.2 Å². The Labute approximate surface area is 165 Å². The van der Waals surface area contributed by atoms with E-state index in [0.717, 1.165) is 54.7 Å². The van der Waals surface area contributed by atoms with E-state index >= 15 is 0 Å². The molecular formula is C22H27FN4O. The molecule has 1 atom stereocenters. The number of benzene rings is 1. The summed E-state index contributed by atoms with van der Waals surface area (Å²) < 4.78 is 14.8. The molecular weight excluding hydrogens is 355 g/mol. The number of nitrogens with one attached hydrogen (secondary N) is 1. The zero-order valence-electron chi connectivity index (χ0n) is 16.5. The average Bonchev–Trinajstić information content (AvgIpc) is 2.95. The van der Waals surface area contributed by atoms with Gasteiger partial charge < -0.3 is 10.2 Å². The summed E-state index contributed by atoms with van der Waals surface area (Å²) in [5.74, 6) is -0.364. The molecule has 2 amide bonds. The second-order valence-corrected chi connectivity index (χ2v) is 7.82. The minimum Gasteiger partial charge on any atom is -0.317 e. The van der Waals surface area contributed by atoms with Crippen LogP contribution in [0.15, 0.2) is 30.5 Å². The fourth-order valence-electron chi connectivity index (χ4n) is 4.27. The first-order chi connectivity index (χ1) is 13.5. The van der Waals surface area contributed by atoms with Crippen molar-refractivity contribution in [3.8, 4) is 0 Å². The molecule has 2 aliphatic rings. The standard InChI is InChI=1S/C22H27FN4O/c1-15-5-3-7-20(23)21(15)27-13-17-11-18(16(2)25-12-17)14-26(22(27)28)19-6-4-9-24-10-8-19/h3,5,7,11-12,19,24H,4,6,8-10,13-14H2,1-2H3/t19-/m1/s1. The maximum Gasteiger partial charge on any atom is 0.325 e. The van der Waals surface area contributed by atoms with E-state index in [1.54, 1.807) is 17.2 Å². The third kappa shape index (κ3) is 3.61. The fraction of sp³-hybridized carbons (Fsp3) is 0.455. The van der Waals surface area contributed by atoms with Crippen LogP contribution in [0.25, 0.3) is 0 Å². The van der Waals surface area contributed by atoms with Gasteiger partial charge in [0.2, 0.25) is 0 Å². The van der Waals surface area contributed by atoms with Gasteiger partial charge in [-0.05, 0) is 75.0 Å². The van der Waals surface area contributed by atoms with E-state index in [2.05, 4.69) is 16.4 Å². The highest BCUT2D eigenvalue weighted by Crippen LogP contribution is 2.31. The molecule has 1 fully saturated rings. The molecule has 1 saturated heterocycles. The van der Waals surface area contributed by atoms with Crippen LogP contribution in [-0.2, 0) is 13.1 Å². The topological polar surface area (TPSA) is 48.5 Å². The summed E-state index contributed by atoms with van der Waals surface area (Å²) in [7, 11) is 0. The van der Waals surface area contributed by atoms with Crippen LogP contribution in [0, 0.1) is 19.7 Å². The van der Waals surface area contributed by atoms with Gasteiger partial charge >= 0.3 is 6.03 Å². The fourth-order valence-corrected chi connectivity index (χ4v) is 4.27. The molecule has 0 unspecified atom stereocenters. The lowest BCUT2D eigenvalue weighted by molar-refractivity contribution is 0.168. The number of para-hydroxylation sites is 1. The summed E-state index contributed by atoms with van der Waals surface area (Å²) >= 11 is 0. The number of rotatable bonds is 2. The molecule has 2 aromatic rings. The molecule has 1 aromatic heterocycles. The predicted octanol–water partition coefficient (Wildman–Crippen LogP) is 3.92. The van der Waals surface area contributed by atoms with E-state index < -0.39 is 0 Å². The number of hydrogen-bond donors (Lipinski definition) is 1. The SMILES string of the molecule is Cc1cccc(F)c1N1Cc2cnc(C)c(c2)CN([C@@H]2CCCNCC2)C1=O. The summed E-state index contributed by atoms with van der Waals surface area (Å²) in [6.45, 7) is 6.54. The largest absolute Gasteiger partial charge is 0.325 e. The van der Waals surface area contributed by atoms with Gasteiger partial charge in [0.1, 0.15) is 5.82 Å². The molecule has 1 N–H and O–H groups in total. The monoisotopic (exact) mass is 382 g/mol. The van der Waals surface area contributed by atoms with Gasteiger partial charge in [0.05, 0.1) is 12.2 Å². The molecule has 28 heavy (non-hydrogen) atoms. The van der Waals surface area contributed by atoms with Crippen molar-refractivity contribution < 1.29 is 9.18 Å². The van der Waals surface area contributed by atoms with E-state index in [-0.39, 0.29) is 17.9 Å². The Morgan fingerprint density at radius 3 is 2.86 bits per heavy atom. The van der Waals surface area contributed by atoms with E-state index in [1.807, 2.05) is 24.8 Å². The lowest BCUT2D eigenvalue weighted by Gasteiger charge is -2.38. The van der Waals surface area contributed by atoms with E-state index in [1.165, 1.54) is 6.07 Å². The third-order valence-electron chi connectivity index (χ3n) is 5.85. The maximum absolute atomic E-state index is 14.8. The van der Waals surface area contributed by atoms with Crippen molar-refractivity contribution in [2.75, 3.05) is 18.0 Å². The van der Waals surface area contributed by atoms with Crippen molar-refractivity contribution >= 4 is 11.7 Å². The number of carbonyl (C=O) groups excluding carboxylic acids is 1. The quantitative estimate of drug-likeness (QED) is 0.856. The van der Waals surface area contributed by atoms with Gasteiger partial charge in [-0.1, -0.05) is 12.1 Å². The molecule has 0 saturated carbocycles. The number of hydrogen-bond acceptors (Lipinski definition) is 3. The molecule has 148 valence electrons. The van der Waals surface area contributed by atoms with E-state index in [4.69, 9.17) is 0 Å². The lowest BCUT2D eigenvalue weighted by atomic mass is 10.0. The summed E-state index contributed by atoms with van der Waals surface area (Å²) in [6.07, 6.45) is 4.68. The van der Waals surface area contributed by atoms with Crippen molar-refractivity contribution in [1.29, 1.82) is 0 Å². The Balaban J connectivity index is 1.80. The van der Waals surface area contributed by atoms with Crippen LogP contribution in [0.1, 0.15) is 41.6 Å². The lowest BCUT2D eigenvalue weighted by Crippen LogP contribution is -2.49. The number of urea groups is 1. The molecule has 3 heterocycles. The van der Waals surface area contributed by atoms with Crippen LogP contribution < -0.4 is 10.2 Å². The average molecular weight is 382 g/mol. The third-order valence-corrected chi connectivity index (χ3v) is 5.85. The number of pyridine rings is 1. The number of amides is 2. The van der Waals surface area contributed by atoms with Crippen LogP contribution in [0.2, 0.25) is 0 Å². The molecule has 6 heteroatoms. The molecule has 0 spiro atoms. The zero-order valence-corrected chi connectivity index (χ0v) is 16.5. The van der Waals surface area contributed by atoms with Crippen LogP contribution in [-0.4, -0.2) is 35.0 Å². The van der Waals surface area contributed by atoms with Crippen molar-refractivity contribution in [2.45, 2.75) is 52.2 Å². The Morgan fingerprint density at radius 1 is 1.18 bits per heavy atom. The molecule has 2 aliphatic heterocycles. The van der Waals surface area contributed by atoms with E-state index in [0.29, 0.717) is 18.8 Å². The van der Waals surface area contributed by atoms with Crippen molar-refractivity contribution in [3.63, 3.8) is 0 Å². The van der Waals surface area contributed by atoms with Gasteiger partial charge in [-0.3, -0.25) is 9.88 Å². The number of nitrogens with zero attached hydrogens (tertiary/aromatic N) is 3. The summed E-state index contributed by atoms with van der Waals surface area (Å²) in [5, 5.41) is 3.41. The van der Waals surface area contributed by atoms with Crippen LogP contribution >= 0.6 is 0 Å². The van der Waals surface area contributed by atoms with Gasteiger partial charge in [-0.15, -0.1) is 0 Å². The number of anilines is 1. The number of aromatic nitrogens is 1. The van der Waals surface area contributed by atoms with Crippen LogP contribution in [0.3, 0.4) is 0 Å². The first-order valence-electron chi connectivity index (χ1n) is 10.0. The number of carbonyl (C=O) groups is 1. The highest BCUT2D eigenvalue weighted by molar-refractivity contribution is 5.93. The second-order valence-electron chi connectivity index (χ2n) is 7.82. The highest BCUT2D eigenvalue weighted by atomic mass is 19.1. The summed E-state index contributed by atoms with van der Waals surface area (Å²) in [6, 6.07) is 7.09. The molecule has 0 radical (unpaired) electrons. The first-order valence-corrected chi connectivity index (χ1v) is 10.0. The maximum atomic E-state index is 14.8. The molecule has 1 aromatic carbocycles. The molecule has 4 rings (SSSR count). The number of fused-ring (bicyclic) bond motifs is 2. The van der Waals surface area contributed by atoms with Crippen LogP contribution in [0.4, 0.5) is 14.9 Å². The first kappa shape index (κ1) is 18.9. The predicted molar refractivity (Wildman–Crippen MR) is 108 cm³/mol. The van der Waals surface area contributed by atoms with Crippen LogP contribution in [0.5, 0.6) is 0 Å². The Bertz CT molecular complexity index is 857. The minimum atomic E-state index is -0.364. The zero-order chi connectivity index (χ0) is 19.7. The Hall–Kier alpha value is -2.47. The summed E-state index contributed by atoms with van der Waals surface area (Å²) in [5.41, 5.74) is 4.08. The molecule has 0 aliphatic carbocycles. The Kier molecular flexibility index (Phi) is 5.31. The number of aryl methyl sites for hydroxylation is 2. The summed E-state index contributed by atoms with van der Waals surface area (Å²) in [4.78, 5) is 21.8. The highest BCUT2D eigenvalue weighted by Gasteiger charge is 2.33. The van der Waals surface area contributed by atoms with Crippen molar-refractivity contribution in [3.05, 3.63) is 58.7 Å². The second kappa shape index (κ2) is 7.87. The van der Waals surface area contributed by atoms with Gasteiger partial charge in [0.25, 0.3) is 0 Å². The number of halogens is 1. The van der Waals surface area contributed by atoms with Gasteiger partial charge in [0, 0.05) is 24.5 Å². The van der Waals surface area contributed by atoms with E-state index in [9.17, 15) is 9.18 Å². The smallest absolute Gasteiger partial charge is 0.317 e. The Morgan fingerprint density at radius 2 is 2.04 bits per heavy atom. The molecule has 5 nitrogen and oxygen atoms in total. The van der Waals surface area contributed by atoms with Gasteiger partial charge in [0.15, 0.2) is 0 Å². The molecule has 2 bridgehead atoms. The minimum absolute atomic E-state index is 0.119. The van der Waals surface area contributed by atoms with Crippen molar-refractivity contribution in [2.24, 2.45) is 0 Å². The van der Waals surface area contributed by atoms with Gasteiger partial charge in [-0.2, -0.15) is 0 Å².